The van der Waals surface area contributed by atoms with E-state index in [0.29, 0.717) is 5.02 Å². The fraction of sp³-hybridized carbons (Fsp3) is 0.375. The van der Waals surface area contributed by atoms with Crippen molar-refractivity contribution in [2.45, 2.75) is 37.6 Å². The predicted molar refractivity (Wildman–Crippen MR) is 82.1 cm³/mol. The van der Waals surface area contributed by atoms with Gasteiger partial charge in [0.1, 0.15) is 0 Å². The van der Waals surface area contributed by atoms with Gasteiger partial charge in [-0.2, -0.15) is 5.10 Å². The van der Waals surface area contributed by atoms with Crippen LogP contribution in [0.25, 0.3) is 0 Å². The molecule has 2 N–H and O–H groups in total. The summed E-state index contributed by atoms with van der Waals surface area (Å²) in [6.07, 6.45) is 6.35. The van der Waals surface area contributed by atoms with Crippen LogP contribution in [-0.2, 0) is 10.2 Å². The summed E-state index contributed by atoms with van der Waals surface area (Å²) in [5, 5.41) is 10.5. The molecule has 5 heteroatoms. The molecule has 3 rings (SSSR count). The topological polar surface area (TPSA) is 57.8 Å². The maximum atomic E-state index is 12.8. The van der Waals surface area contributed by atoms with Crippen molar-refractivity contribution in [3.8, 4) is 0 Å². The van der Waals surface area contributed by atoms with Crippen molar-refractivity contribution in [1.29, 1.82) is 0 Å². The van der Waals surface area contributed by atoms with Gasteiger partial charge in [-0.05, 0) is 37.5 Å². The van der Waals surface area contributed by atoms with E-state index in [-0.39, 0.29) is 11.9 Å². The van der Waals surface area contributed by atoms with Gasteiger partial charge in [0.15, 0.2) is 0 Å². The lowest BCUT2D eigenvalue weighted by molar-refractivity contribution is -0.130. The van der Waals surface area contributed by atoms with Crippen LogP contribution in [0.3, 0.4) is 0 Å². The highest BCUT2D eigenvalue weighted by molar-refractivity contribution is 6.30. The Morgan fingerprint density at radius 2 is 2.29 bits per heavy atom. The van der Waals surface area contributed by atoms with E-state index in [0.717, 1.165) is 30.4 Å². The van der Waals surface area contributed by atoms with E-state index in [4.69, 9.17) is 11.6 Å². The summed E-state index contributed by atoms with van der Waals surface area (Å²) in [7, 11) is 0. The van der Waals surface area contributed by atoms with Crippen LogP contribution < -0.4 is 5.32 Å². The maximum Gasteiger partial charge on any atom is 0.231 e. The number of aromatic amines is 1. The molecule has 0 saturated heterocycles. The summed E-state index contributed by atoms with van der Waals surface area (Å²) in [5.74, 6) is 0.0738. The number of carbonyl (C=O) groups is 1. The van der Waals surface area contributed by atoms with Crippen molar-refractivity contribution >= 4 is 17.5 Å². The van der Waals surface area contributed by atoms with Gasteiger partial charge in [0.05, 0.1) is 17.7 Å². The molecular weight excluding hydrogens is 286 g/mol. The molecule has 4 nitrogen and oxygen atoms in total. The molecule has 1 fully saturated rings. The number of hydrogen-bond donors (Lipinski definition) is 2. The standard InChI is InChI=1S/C16H18ClN3O/c1-11(12-9-18-19-10-12)20-15(21)16(6-3-7-16)13-4-2-5-14(17)8-13/h2,4-5,8-11H,3,6-7H2,1H3,(H,18,19)(H,20,21). The van der Waals surface area contributed by atoms with Crippen LogP contribution in [0.5, 0.6) is 0 Å². The molecule has 1 heterocycles. The zero-order chi connectivity index (χ0) is 14.9. The lowest BCUT2D eigenvalue weighted by Crippen LogP contribution is -2.49. The zero-order valence-corrected chi connectivity index (χ0v) is 12.7. The average molecular weight is 304 g/mol. The fourth-order valence-corrected chi connectivity index (χ4v) is 3.07. The van der Waals surface area contributed by atoms with E-state index in [1.165, 1.54) is 0 Å². The predicted octanol–water partition coefficient (Wildman–Crippen LogP) is 3.36. The van der Waals surface area contributed by atoms with Gasteiger partial charge in [-0.3, -0.25) is 9.89 Å². The Bertz CT molecular complexity index is 635. The van der Waals surface area contributed by atoms with E-state index >= 15 is 0 Å². The van der Waals surface area contributed by atoms with Gasteiger partial charge >= 0.3 is 0 Å². The van der Waals surface area contributed by atoms with Gasteiger partial charge in [0.2, 0.25) is 5.91 Å². The van der Waals surface area contributed by atoms with Gasteiger partial charge in [-0.25, -0.2) is 0 Å². The minimum atomic E-state index is -0.428. The summed E-state index contributed by atoms with van der Waals surface area (Å²) in [6.45, 7) is 1.97. The quantitative estimate of drug-likeness (QED) is 0.910. The van der Waals surface area contributed by atoms with Crippen molar-refractivity contribution in [3.05, 3.63) is 52.8 Å². The first-order valence-electron chi connectivity index (χ1n) is 7.17. The number of hydrogen-bond acceptors (Lipinski definition) is 2. The van der Waals surface area contributed by atoms with Crippen LogP contribution in [0.2, 0.25) is 5.02 Å². The highest BCUT2D eigenvalue weighted by Crippen LogP contribution is 2.44. The maximum absolute atomic E-state index is 12.8. The molecule has 0 aliphatic heterocycles. The summed E-state index contributed by atoms with van der Waals surface area (Å²) >= 11 is 6.08. The third-order valence-corrected chi connectivity index (χ3v) is 4.62. The molecule has 1 amide bonds. The van der Waals surface area contributed by atoms with Crippen molar-refractivity contribution < 1.29 is 4.79 Å². The Morgan fingerprint density at radius 3 is 2.86 bits per heavy atom. The second-order valence-electron chi connectivity index (χ2n) is 5.67. The zero-order valence-electron chi connectivity index (χ0n) is 11.9. The SMILES string of the molecule is CC(NC(=O)C1(c2cccc(Cl)c2)CCC1)c1cn[nH]c1. The van der Waals surface area contributed by atoms with Gasteiger partial charge in [0.25, 0.3) is 0 Å². The lowest BCUT2D eigenvalue weighted by Gasteiger charge is -2.41. The minimum Gasteiger partial charge on any atom is -0.349 e. The lowest BCUT2D eigenvalue weighted by atomic mass is 9.63. The Labute approximate surface area is 128 Å². The first-order valence-corrected chi connectivity index (χ1v) is 7.55. The molecular formula is C16H18ClN3O. The summed E-state index contributed by atoms with van der Waals surface area (Å²) in [6, 6.07) is 7.58. The van der Waals surface area contributed by atoms with E-state index in [2.05, 4.69) is 15.5 Å². The molecule has 0 spiro atoms. The van der Waals surface area contributed by atoms with Crippen molar-refractivity contribution in [3.63, 3.8) is 0 Å². The molecule has 0 bridgehead atoms. The molecule has 1 saturated carbocycles. The molecule has 2 aromatic rings. The van der Waals surface area contributed by atoms with Gasteiger partial charge in [0, 0.05) is 16.8 Å². The van der Waals surface area contributed by atoms with Crippen molar-refractivity contribution in [1.82, 2.24) is 15.5 Å². The van der Waals surface area contributed by atoms with E-state index in [1.807, 2.05) is 31.2 Å². The van der Waals surface area contributed by atoms with Crippen LogP contribution >= 0.6 is 11.6 Å². The second-order valence-corrected chi connectivity index (χ2v) is 6.11. The fourth-order valence-electron chi connectivity index (χ4n) is 2.88. The van der Waals surface area contributed by atoms with Crippen molar-refractivity contribution in [2.75, 3.05) is 0 Å². The van der Waals surface area contributed by atoms with Gasteiger partial charge in [-0.1, -0.05) is 30.2 Å². The number of carbonyl (C=O) groups excluding carboxylic acids is 1. The summed E-state index contributed by atoms with van der Waals surface area (Å²) < 4.78 is 0. The number of rotatable bonds is 4. The second kappa shape index (κ2) is 5.53. The average Bonchev–Trinajstić information content (AvgIpc) is 2.91. The van der Waals surface area contributed by atoms with E-state index in [9.17, 15) is 4.79 Å². The largest absolute Gasteiger partial charge is 0.349 e. The molecule has 110 valence electrons. The highest BCUT2D eigenvalue weighted by Gasteiger charge is 2.46. The van der Waals surface area contributed by atoms with Gasteiger partial charge in [-0.15, -0.1) is 0 Å². The summed E-state index contributed by atoms with van der Waals surface area (Å²) in [5.41, 5.74) is 1.56. The third kappa shape index (κ3) is 2.56. The Kier molecular flexibility index (Phi) is 3.72. The number of benzene rings is 1. The molecule has 1 atom stereocenters. The van der Waals surface area contributed by atoms with Crippen LogP contribution in [0, 0.1) is 0 Å². The number of nitrogens with zero attached hydrogens (tertiary/aromatic N) is 1. The third-order valence-electron chi connectivity index (χ3n) is 4.39. The molecule has 1 aromatic heterocycles. The number of nitrogens with one attached hydrogen (secondary N) is 2. The molecule has 0 radical (unpaired) electrons. The molecule has 21 heavy (non-hydrogen) atoms. The number of amides is 1. The van der Waals surface area contributed by atoms with Gasteiger partial charge < -0.3 is 5.32 Å². The smallest absolute Gasteiger partial charge is 0.231 e. The first-order chi connectivity index (χ1) is 10.1. The van der Waals surface area contributed by atoms with E-state index < -0.39 is 5.41 Å². The Hall–Kier alpha value is -1.81. The van der Waals surface area contributed by atoms with E-state index in [1.54, 1.807) is 12.4 Å². The summed E-state index contributed by atoms with van der Waals surface area (Å²) in [4.78, 5) is 12.8. The minimum absolute atomic E-state index is 0.0621. The Morgan fingerprint density at radius 1 is 1.48 bits per heavy atom. The van der Waals surface area contributed by atoms with Crippen LogP contribution in [0.15, 0.2) is 36.7 Å². The van der Waals surface area contributed by atoms with Crippen LogP contribution in [0.4, 0.5) is 0 Å². The molecule has 1 aromatic carbocycles. The molecule has 1 aliphatic carbocycles. The number of halogens is 1. The highest BCUT2D eigenvalue weighted by atomic mass is 35.5. The number of H-pyrrole nitrogens is 1. The first kappa shape index (κ1) is 14.1. The Balaban J connectivity index is 1.81. The number of aromatic nitrogens is 2. The molecule has 1 aliphatic rings. The monoisotopic (exact) mass is 303 g/mol. The normalized spacial score (nSPS) is 17.8. The van der Waals surface area contributed by atoms with Crippen LogP contribution in [-0.4, -0.2) is 16.1 Å². The van der Waals surface area contributed by atoms with Crippen molar-refractivity contribution in [2.24, 2.45) is 0 Å². The van der Waals surface area contributed by atoms with Crippen LogP contribution in [0.1, 0.15) is 43.4 Å². The molecule has 1 unspecified atom stereocenters.